The van der Waals surface area contributed by atoms with Crippen LogP contribution in [0.4, 0.5) is 0 Å². The third kappa shape index (κ3) is 2.14. The van der Waals surface area contributed by atoms with Crippen molar-refractivity contribution in [3.05, 3.63) is 35.4 Å². The molecule has 0 aliphatic carbocycles. The fraction of sp³-hybridized carbons (Fsp3) is 0.500. The lowest BCUT2D eigenvalue weighted by molar-refractivity contribution is 0.284. The quantitative estimate of drug-likeness (QED) is 0.726. The first kappa shape index (κ1) is 9.69. The van der Waals surface area contributed by atoms with Gasteiger partial charge in [-0.3, -0.25) is 4.90 Å². The summed E-state index contributed by atoms with van der Waals surface area (Å²) in [6.07, 6.45) is 0. The lowest BCUT2D eigenvalue weighted by atomic mass is 10.1. The van der Waals surface area contributed by atoms with Gasteiger partial charge < -0.3 is 5.32 Å². The first-order valence-corrected chi connectivity index (χ1v) is 5.40. The van der Waals surface area contributed by atoms with Gasteiger partial charge in [-0.1, -0.05) is 31.2 Å². The topological polar surface area (TPSA) is 15.3 Å². The standard InChI is InChI=1S/C12H18N2/c1-2-13-7-8-14-9-11-5-3-4-6-12(11)10-14/h3-6,13H,2,7-10H2,1H3. The Labute approximate surface area is 85.9 Å². The van der Waals surface area contributed by atoms with Crippen molar-refractivity contribution in [3.8, 4) is 0 Å². The van der Waals surface area contributed by atoms with Crippen LogP contribution in [0.25, 0.3) is 0 Å². The molecule has 2 heteroatoms. The number of hydrogen-bond acceptors (Lipinski definition) is 2. The summed E-state index contributed by atoms with van der Waals surface area (Å²) in [5.41, 5.74) is 3.01. The average Bonchev–Trinajstić information content (AvgIpc) is 2.60. The fourth-order valence-electron chi connectivity index (χ4n) is 1.98. The number of benzene rings is 1. The zero-order valence-corrected chi connectivity index (χ0v) is 8.79. The van der Waals surface area contributed by atoms with Crippen LogP contribution in [0.1, 0.15) is 18.1 Å². The normalized spacial score (nSPS) is 15.8. The zero-order chi connectivity index (χ0) is 9.80. The van der Waals surface area contributed by atoms with Gasteiger partial charge in [0.05, 0.1) is 0 Å². The van der Waals surface area contributed by atoms with Crippen LogP contribution in [0.5, 0.6) is 0 Å². The summed E-state index contributed by atoms with van der Waals surface area (Å²) in [4.78, 5) is 2.49. The fourth-order valence-corrected chi connectivity index (χ4v) is 1.98. The van der Waals surface area contributed by atoms with Crippen LogP contribution >= 0.6 is 0 Å². The van der Waals surface area contributed by atoms with E-state index in [9.17, 15) is 0 Å². The molecule has 2 rings (SSSR count). The Morgan fingerprint density at radius 2 is 1.86 bits per heavy atom. The Hall–Kier alpha value is -0.860. The van der Waals surface area contributed by atoms with Crippen molar-refractivity contribution in [1.29, 1.82) is 0 Å². The van der Waals surface area contributed by atoms with Gasteiger partial charge in [0.25, 0.3) is 0 Å². The maximum Gasteiger partial charge on any atom is 0.0241 e. The van der Waals surface area contributed by atoms with Crippen molar-refractivity contribution in [1.82, 2.24) is 10.2 Å². The molecule has 0 fully saturated rings. The number of hydrogen-bond donors (Lipinski definition) is 1. The average molecular weight is 190 g/mol. The molecular weight excluding hydrogens is 172 g/mol. The lowest BCUT2D eigenvalue weighted by Gasteiger charge is -2.14. The Morgan fingerprint density at radius 1 is 1.21 bits per heavy atom. The maximum atomic E-state index is 3.36. The van der Waals surface area contributed by atoms with Crippen molar-refractivity contribution in [3.63, 3.8) is 0 Å². The van der Waals surface area contributed by atoms with Crippen LogP contribution in [-0.4, -0.2) is 24.5 Å². The number of fused-ring (bicyclic) bond motifs is 1. The largest absolute Gasteiger partial charge is 0.316 e. The molecule has 76 valence electrons. The molecule has 0 amide bonds. The highest BCUT2D eigenvalue weighted by Crippen LogP contribution is 2.21. The minimum absolute atomic E-state index is 1.07. The Kier molecular flexibility index (Phi) is 3.17. The zero-order valence-electron chi connectivity index (χ0n) is 8.79. The molecule has 1 aromatic rings. The van der Waals surface area contributed by atoms with Gasteiger partial charge in [0.15, 0.2) is 0 Å². The third-order valence-corrected chi connectivity index (χ3v) is 2.76. The second-order valence-electron chi connectivity index (χ2n) is 3.83. The molecular formula is C12H18N2. The molecule has 0 unspecified atom stereocenters. The van der Waals surface area contributed by atoms with E-state index in [1.54, 1.807) is 0 Å². The second-order valence-corrected chi connectivity index (χ2v) is 3.83. The van der Waals surface area contributed by atoms with Gasteiger partial charge in [0.1, 0.15) is 0 Å². The summed E-state index contributed by atoms with van der Waals surface area (Å²) in [7, 11) is 0. The van der Waals surface area contributed by atoms with Gasteiger partial charge in [-0.05, 0) is 17.7 Å². The van der Waals surface area contributed by atoms with E-state index in [1.807, 2.05) is 0 Å². The summed E-state index contributed by atoms with van der Waals surface area (Å²) in [6, 6.07) is 8.74. The van der Waals surface area contributed by atoms with Gasteiger partial charge in [0, 0.05) is 26.2 Å². The number of rotatable bonds is 4. The Bertz CT molecular complexity index is 271. The van der Waals surface area contributed by atoms with Gasteiger partial charge in [-0.25, -0.2) is 0 Å². The van der Waals surface area contributed by atoms with Crippen molar-refractivity contribution in [2.75, 3.05) is 19.6 Å². The first-order chi connectivity index (χ1) is 6.90. The Balaban J connectivity index is 1.86. The van der Waals surface area contributed by atoms with E-state index >= 15 is 0 Å². The predicted molar refractivity (Wildman–Crippen MR) is 59.1 cm³/mol. The molecule has 1 aliphatic rings. The molecule has 2 nitrogen and oxygen atoms in total. The molecule has 0 atom stereocenters. The highest BCUT2D eigenvalue weighted by atomic mass is 15.1. The van der Waals surface area contributed by atoms with Crippen LogP contribution in [0.15, 0.2) is 24.3 Å². The molecule has 1 N–H and O–H groups in total. The van der Waals surface area contributed by atoms with Crippen molar-refractivity contribution in [2.24, 2.45) is 0 Å². The first-order valence-electron chi connectivity index (χ1n) is 5.40. The maximum absolute atomic E-state index is 3.36. The summed E-state index contributed by atoms with van der Waals surface area (Å²) in [5.74, 6) is 0. The predicted octanol–water partition coefficient (Wildman–Crippen LogP) is 1.61. The summed E-state index contributed by atoms with van der Waals surface area (Å²) in [5, 5.41) is 3.36. The Morgan fingerprint density at radius 3 is 2.43 bits per heavy atom. The number of nitrogens with one attached hydrogen (secondary N) is 1. The highest BCUT2D eigenvalue weighted by Gasteiger charge is 2.16. The molecule has 0 aromatic heterocycles. The monoisotopic (exact) mass is 190 g/mol. The van der Waals surface area contributed by atoms with Crippen LogP contribution in [0.3, 0.4) is 0 Å². The molecule has 1 aromatic carbocycles. The molecule has 1 aliphatic heterocycles. The molecule has 0 saturated heterocycles. The van der Waals surface area contributed by atoms with Gasteiger partial charge >= 0.3 is 0 Å². The van der Waals surface area contributed by atoms with E-state index < -0.39 is 0 Å². The highest BCUT2D eigenvalue weighted by molar-refractivity contribution is 5.30. The van der Waals surface area contributed by atoms with E-state index in [0.29, 0.717) is 0 Å². The van der Waals surface area contributed by atoms with Crippen LogP contribution in [-0.2, 0) is 13.1 Å². The molecule has 14 heavy (non-hydrogen) atoms. The van der Waals surface area contributed by atoms with Crippen molar-refractivity contribution >= 4 is 0 Å². The lowest BCUT2D eigenvalue weighted by Crippen LogP contribution is -2.28. The number of likely N-dealkylation sites (N-methyl/N-ethyl adjacent to an activating group) is 1. The minimum atomic E-state index is 1.07. The van der Waals surface area contributed by atoms with Crippen molar-refractivity contribution < 1.29 is 0 Å². The SMILES string of the molecule is CCNCCN1Cc2ccccc2C1. The minimum Gasteiger partial charge on any atom is -0.316 e. The summed E-state index contributed by atoms with van der Waals surface area (Å²) in [6.45, 7) is 7.73. The van der Waals surface area contributed by atoms with E-state index in [0.717, 1.165) is 32.7 Å². The molecule has 0 radical (unpaired) electrons. The summed E-state index contributed by atoms with van der Waals surface area (Å²) < 4.78 is 0. The number of nitrogens with zero attached hydrogens (tertiary/aromatic N) is 1. The molecule has 1 heterocycles. The third-order valence-electron chi connectivity index (χ3n) is 2.76. The van der Waals surface area contributed by atoms with E-state index in [4.69, 9.17) is 0 Å². The second kappa shape index (κ2) is 4.58. The molecule has 0 bridgehead atoms. The van der Waals surface area contributed by atoms with Crippen LogP contribution in [0.2, 0.25) is 0 Å². The van der Waals surface area contributed by atoms with Gasteiger partial charge in [-0.15, -0.1) is 0 Å². The van der Waals surface area contributed by atoms with E-state index in [2.05, 4.69) is 41.4 Å². The van der Waals surface area contributed by atoms with Gasteiger partial charge in [0.2, 0.25) is 0 Å². The van der Waals surface area contributed by atoms with E-state index in [-0.39, 0.29) is 0 Å². The van der Waals surface area contributed by atoms with Crippen molar-refractivity contribution in [2.45, 2.75) is 20.0 Å². The molecule has 0 saturated carbocycles. The smallest absolute Gasteiger partial charge is 0.0241 e. The van der Waals surface area contributed by atoms with E-state index in [1.165, 1.54) is 11.1 Å². The molecule has 0 spiro atoms. The summed E-state index contributed by atoms with van der Waals surface area (Å²) >= 11 is 0. The van der Waals surface area contributed by atoms with Crippen LogP contribution < -0.4 is 5.32 Å². The van der Waals surface area contributed by atoms with Gasteiger partial charge in [-0.2, -0.15) is 0 Å². The van der Waals surface area contributed by atoms with Crippen LogP contribution in [0, 0.1) is 0 Å².